The van der Waals surface area contributed by atoms with Gasteiger partial charge in [0, 0.05) is 17.8 Å². The van der Waals surface area contributed by atoms with Crippen molar-refractivity contribution in [3.63, 3.8) is 0 Å². The number of anilines is 1. The van der Waals surface area contributed by atoms with Gasteiger partial charge in [-0.25, -0.2) is 0 Å². The van der Waals surface area contributed by atoms with Gasteiger partial charge in [0.05, 0.1) is 10.6 Å². The van der Waals surface area contributed by atoms with Crippen molar-refractivity contribution in [2.75, 3.05) is 5.43 Å². The van der Waals surface area contributed by atoms with Crippen molar-refractivity contribution in [2.45, 2.75) is 44.9 Å². The first kappa shape index (κ1) is 13.5. The lowest BCUT2D eigenvalue weighted by Gasteiger charge is -2.11. The smallest absolute Gasteiger partial charge is 0.269 e. The highest BCUT2D eigenvalue weighted by Gasteiger charge is 2.06. The molecule has 0 radical (unpaired) electrons. The number of nitrogens with zero attached hydrogens (tertiary/aromatic N) is 2. The highest BCUT2D eigenvalue weighted by atomic mass is 16.6. The maximum absolute atomic E-state index is 10.5. The highest BCUT2D eigenvalue weighted by Crippen LogP contribution is 2.17. The zero-order valence-electron chi connectivity index (χ0n) is 11.0. The quantitative estimate of drug-likeness (QED) is 0.657. The zero-order chi connectivity index (χ0) is 13.5. The van der Waals surface area contributed by atoms with Gasteiger partial charge in [-0.3, -0.25) is 15.5 Å². The standard InChI is InChI=1S/C14H19N3O2/c18-17(19)14-10-8-13(9-11-14)16-15-12-6-4-2-1-3-5-7-12/h8-11,16H,1-7H2. The average molecular weight is 261 g/mol. The fraction of sp³-hybridized carbons (Fsp3) is 0.500. The molecule has 0 amide bonds. The summed E-state index contributed by atoms with van der Waals surface area (Å²) >= 11 is 0. The molecule has 1 aromatic rings. The molecule has 0 unspecified atom stereocenters. The maximum atomic E-state index is 10.5. The zero-order valence-corrected chi connectivity index (χ0v) is 11.0. The van der Waals surface area contributed by atoms with Crippen molar-refractivity contribution in [3.05, 3.63) is 34.4 Å². The summed E-state index contributed by atoms with van der Waals surface area (Å²) in [6.07, 6.45) is 8.44. The van der Waals surface area contributed by atoms with Crippen LogP contribution in [0.2, 0.25) is 0 Å². The number of non-ortho nitro benzene ring substituents is 1. The predicted molar refractivity (Wildman–Crippen MR) is 76.5 cm³/mol. The van der Waals surface area contributed by atoms with Gasteiger partial charge in [-0.05, 0) is 37.8 Å². The Hall–Kier alpha value is -1.91. The Morgan fingerprint density at radius 1 is 1.00 bits per heavy atom. The molecule has 0 atom stereocenters. The molecule has 1 saturated carbocycles. The number of rotatable bonds is 3. The number of nitro groups is 1. The van der Waals surface area contributed by atoms with Crippen molar-refractivity contribution in [2.24, 2.45) is 5.10 Å². The Morgan fingerprint density at radius 2 is 1.58 bits per heavy atom. The van der Waals surface area contributed by atoms with Gasteiger partial charge in [0.2, 0.25) is 0 Å². The lowest BCUT2D eigenvalue weighted by atomic mass is 9.99. The monoisotopic (exact) mass is 261 g/mol. The first-order valence-corrected chi connectivity index (χ1v) is 6.81. The Balaban J connectivity index is 1.94. The molecular formula is C14H19N3O2. The third-order valence-corrected chi connectivity index (χ3v) is 3.35. The van der Waals surface area contributed by atoms with Crippen LogP contribution in [0.25, 0.3) is 0 Å². The molecule has 1 aliphatic carbocycles. The van der Waals surface area contributed by atoms with Crippen LogP contribution in [-0.4, -0.2) is 10.6 Å². The second-order valence-electron chi connectivity index (χ2n) is 4.86. The van der Waals surface area contributed by atoms with E-state index in [1.54, 1.807) is 12.1 Å². The minimum Gasteiger partial charge on any atom is -0.279 e. The number of nitrogens with one attached hydrogen (secondary N) is 1. The van der Waals surface area contributed by atoms with E-state index in [-0.39, 0.29) is 5.69 Å². The lowest BCUT2D eigenvalue weighted by Crippen LogP contribution is -2.05. The number of benzene rings is 1. The van der Waals surface area contributed by atoms with Gasteiger partial charge in [0.15, 0.2) is 0 Å². The third kappa shape index (κ3) is 4.35. The molecule has 102 valence electrons. The van der Waals surface area contributed by atoms with Gasteiger partial charge in [0.25, 0.3) is 5.69 Å². The van der Waals surface area contributed by atoms with Crippen LogP contribution >= 0.6 is 0 Å². The molecule has 2 rings (SSSR count). The Morgan fingerprint density at radius 3 is 2.16 bits per heavy atom. The molecule has 0 aliphatic heterocycles. The molecule has 1 aromatic carbocycles. The molecule has 0 bridgehead atoms. The summed E-state index contributed by atoms with van der Waals surface area (Å²) in [5.41, 5.74) is 5.09. The van der Waals surface area contributed by atoms with Gasteiger partial charge in [-0.2, -0.15) is 5.10 Å². The fourth-order valence-corrected chi connectivity index (χ4v) is 2.23. The van der Waals surface area contributed by atoms with Crippen molar-refractivity contribution < 1.29 is 4.92 Å². The SMILES string of the molecule is O=[N+]([O-])c1ccc(NN=C2CCCCCCC2)cc1. The van der Waals surface area contributed by atoms with E-state index >= 15 is 0 Å². The van der Waals surface area contributed by atoms with Crippen molar-refractivity contribution in [3.8, 4) is 0 Å². The summed E-state index contributed by atoms with van der Waals surface area (Å²) in [5, 5.41) is 15.0. The molecule has 0 aromatic heterocycles. The molecule has 0 spiro atoms. The van der Waals surface area contributed by atoms with E-state index in [9.17, 15) is 10.1 Å². The summed E-state index contributed by atoms with van der Waals surface area (Å²) in [6, 6.07) is 6.34. The predicted octanol–water partition coefficient (Wildman–Crippen LogP) is 4.11. The second kappa shape index (κ2) is 6.87. The number of hydrogen-bond donors (Lipinski definition) is 1. The summed E-state index contributed by atoms with van der Waals surface area (Å²) in [5.74, 6) is 0. The average Bonchev–Trinajstić information content (AvgIpc) is 2.38. The molecule has 5 nitrogen and oxygen atoms in total. The highest BCUT2D eigenvalue weighted by molar-refractivity contribution is 5.85. The minimum absolute atomic E-state index is 0.101. The summed E-state index contributed by atoms with van der Waals surface area (Å²) in [6.45, 7) is 0. The van der Waals surface area contributed by atoms with E-state index in [4.69, 9.17) is 0 Å². The molecule has 19 heavy (non-hydrogen) atoms. The van der Waals surface area contributed by atoms with Gasteiger partial charge in [0.1, 0.15) is 0 Å². The van der Waals surface area contributed by atoms with Gasteiger partial charge < -0.3 is 0 Å². The van der Waals surface area contributed by atoms with Crippen molar-refractivity contribution in [1.82, 2.24) is 0 Å². The van der Waals surface area contributed by atoms with Crippen molar-refractivity contribution in [1.29, 1.82) is 0 Å². The Kier molecular flexibility index (Phi) is 4.89. The number of hydrazone groups is 1. The Bertz CT molecular complexity index is 444. The van der Waals surface area contributed by atoms with Gasteiger partial charge in [-0.15, -0.1) is 0 Å². The fourth-order valence-electron chi connectivity index (χ4n) is 2.23. The molecule has 0 heterocycles. The van der Waals surface area contributed by atoms with Gasteiger partial charge >= 0.3 is 0 Å². The van der Waals surface area contributed by atoms with E-state index < -0.39 is 4.92 Å². The van der Waals surface area contributed by atoms with Crippen LogP contribution in [0, 0.1) is 10.1 Å². The first-order chi connectivity index (χ1) is 9.25. The van der Waals surface area contributed by atoms with Crippen LogP contribution in [0.5, 0.6) is 0 Å². The normalized spacial score (nSPS) is 16.3. The van der Waals surface area contributed by atoms with Crippen molar-refractivity contribution >= 4 is 17.1 Å². The van der Waals surface area contributed by atoms with Crippen LogP contribution in [0.3, 0.4) is 0 Å². The largest absolute Gasteiger partial charge is 0.279 e. The molecule has 5 heteroatoms. The first-order valence-electron chi connectivity index (χ1n) is 6.81. The van der Waals surface area contributed by atoms with E-state index in [0.29, 0.717) is 0 Å². The third-order valence-electron chi connectivity index (χ3n) is 3.35. The topological polar surface area (TPSA) is 67.5 Å². The van der Waals surface area contributed by atoms with Crippen LogP contribution in [0.1, 0.15) is 44.9 Å². The van der Waals surface area contributed by atoms with Gasteiger partial charge in [-0.1, -0.05) is 19.3 Å². The molecular weight excluding hydrogens is 242 g/mol. The van der Waals surface area contributed by atoms with Crippen LogP contribution < -0.4 is 5.43 Å². The molecule has 1 fully saturated rings. The second-order valence-corrected chi connectivity index (χ2v) is 4.86. The summed E-state index contributed by atoms with van der Waals surface area (Å²) in [7, 11) is 0. The number of nitro benzene ring substituents is 1. The number of hydrogen-bond acceptors (Lipinski definition) is 4. The van der Waals surface area contributed by atoms with Crippen LogP contribution in [0.4, 0.5) is 11.4 Å². The molecule has 1 aliphatic rings. The maximum Gasteiger partial charge on any atom is 0.269 e. The van der Waals surface area contributed by atoms with E-state index in [0.717, 1.165) is 18.5 Å². The summed E-state index contributed by atoms with van der Waals surface area (Å²) < 4.78 is 0. The van der Waals surface area contributed by atoms with E-state index in [1.165, 1.54) is 49.9 Å². The van der Waals surface area contributed by atoms with E-state index in [2.05, 4.69) is 10.5 Å². The van der Waals surface area contributed by atoms with Crippen LogP contribution in [0.15, 0.2) is 29.4 Å². The minimum atomic E-state index is -0.398. The van der Waals surface area contributed by atoms with Crippen LogP contribution in [-0.2, 0) is 0 Å². The molecule has 0 saturated heterocycles. The Labute approximate surface area is 112 Å². The summed E-state index contributed by atoms with van der Waals surface area (Å²) in [4.78, 5) is 10.1. The lowest BCUT2D eigenvalue weighted by molar-refractivity contribution is -0.384. The van der Waals surface area contributed by atoms with E-state index in [1.807, 2.05) is 0 Å². The molecule has 1 N–H and O–H groups in total.